The molecule has 0 spiro atoms. The molecule has 1 amide bonds. The fraction of sp³-hybridized carbons (Fsp3) is 0.381. The average Bonchev–Trinajstić information content (AvgIpc) is 2.63. The van der Waals surface area contributed by atoms with Crippen molar-refractivity contribution in [1.29, 1.82) is 0 Å². The Balaban J connectivity index is 2.07. The Hall–Kier alpha value is -2.69. The van der Waals surface area contributed by atoms with Crippen LogP contribution in [0.1, 0.15) is 36.6 Å². The van der Waals surface area contributed by atoms with Crippen molar-refractivity contribution in [3.05, 3.63) is 53.1 Å². The maximum Gasteiger partial charge on any atom is 0.261 e. The van der Waals surface area contributed by atoms with E-state index in [0.29, 0.717) is 17.2 Å². The van der Waals surface area contributed by atoms with Gasteiger partial charge < -0.3 is 19.5 Å². The van der Waals surface area contributed by atoms with Gasteiger partial charge in [-0.25, -0.2) is 0 Å². The molecule has 26 heavy (non-hydrogen) atoms. The monoisotopic (exact) mass is 357 g/mol. The van der Waals surface area contributed by atoms with E-state index in [2.05, 4.69) is 5.32 Å². The van der Waals surface area contributed by atoms with Crippen LogP contribution in [0.25, 0.3) is 0 Å². The van der Waals surface area contributed by atoms with E-state index in [1.807, 2.05) is 57.2 Å². The number of carbonyl (C=O) groups excluding carboxylic acids is 1. The predicted molar refractivity (Wildman–Crippen MR) is 102 cm³/mol. The SMILES string of the molecule is COc1ccc(OC)c([C@@H](C)NC(=O)[C@@H](C)Oc2ccc(C)c(C)c2)c1. The van der Waals surface area contributed by atoms with Gasteiger partial charge >= 0.3 is 0 Å². The van der Waals surface area contributed by atoms with E-state index in [9.17, 15) is 4.79 Å². The summed E-state index contributed by atoms with van der Waals surface area (Å²) in [5.74, 6) is 1.89. The van der Waals surface area contributed by atoms with Crippen LogP contribution in [-0.2, 0) is 4.79 Å². The first-order chi connectivity index (χ1) is 12.3. The molecule has 5 nitrogen and oxygen atoms in total. The molecule has 0 aliphatic rings. The van der Waals surface area contributed by atoms with Crippen molar-refractivity contribution >= 4 is 5.91 Å². The fourth-order valence-electron chi connectivity index (χ4n) is 2.63. The molecule has 2 aromatic rings. The van der Waals surface area contributed by atoms with Crippen LogP contribution in [-0.4, -0.2) is 26.2 Å². The van der Waals surface area contributed by atoms with Gasteiger partial charge in [-0.3, -0.25) is 4.79 Å². The van der Waals surface area contributed by atoms with Gasteiger partial charge in [0, 0.05) is 5.56 Å². The largest absolute Gasteiger partial charge is 0.497 e. The zero-order valence-electron chi connectivity index (χ0n) is 16.3. The molecule has 0 bridgehead atoms. The lowest BCUT2D eigenvalue weighted by Gasteiger charge is -2.21. The zero-order valence-corrected chi connectivity index (χ0v) is 16.3. The highest BCUT2D eigenvalue weighted by Crippen LogP contribution is 2.29. The van der Waals surface area contributed by atoms with Crippen LogP contribution in [0.4, 0.5) is 0 Å². The van der Waals surface area contributed by atoms with Gasteiger partial charge in [-0.15, -0.1) is 0 Å². The second-order valence-electron chi connectivity index (χ2n) is 6.34. The molecule has 0 aliphatic carbocycles. The lowest BCUT2D eigenvalue weighted by molar-refractivity contribution is -0.127. The molecule has 0 heterocycles. The number of nitrogens with one attached hydrogen (secondary N) is 1. The first-order valence-electron chi connectivity index (χ1n) is 8.62. The molecular formula is C21H27NO4. The van der Waals surface area contributed by atoms with Crippen molar-refractivity contribution in [3.8, 4) is 17.2 Å². The first-order valence-corrected chi connectivity index (χ1v) is 8.62. The van der Waals surface area contributed by atoms with Crippen LogP contribution < -0.4 is 19.5 Å². The molecule has 0 saturated carbocycles. The Labute approximate surface area is 155 Å². The van der Waals surface area contributed by atoms with Gasteiger partial charge in [0.15, 0.2) is 6.10 Å². The number of ether oxygens (including phenoxy) is 3. The Bertz CT molecular complexity index is 773. The molecule has 0 aliphatic heterocycles. The van der Waals surface area contributed by atoms with Crippen molar-refractivity contribution in [2.24, 2.45) is 0 Å². The molecule has 5 heteroatoms. The molecule has 0 aromatic heterocycles. The van der Waals surface area contributed by atoms with E-state index in [1.54, 1.807) is 21.1 Å². The summed E-state index contributed by atoms with van der Waals surface area (Å²) in [6, 6.07) is 11.1. The van der Waals surface area contributed by atoms with Crippen LogP contribution >= 0.6 is 0 Å². The standard InChI is InChI=1S/C21H27NO4/c1-13-7-8-18(11-14(13)2)26-16(4)21(23)22-15(3)19-12-17(24-5)9-10-20(19)25-6/h7-12,15-16H,1-6H3,(H,22,23)/t15-,16-/m1/s1. The zero-order chi connectivity index (χ0) is 19.3. The third-order valence-electron chi connectivity index (χ3n) is 4.42. The van der Waals surface area contributed by atoms with Gasteiger partial charge in [-0.1, -0.05) is 6.07 Å². The summed E-state index contributed by atoms with van der Waals surface area (Å²) in [6.45, 7) is 7.69. The molecule has 0 fully saturated rings. The summed E-state index contributed by atoms with van der Waals surface area (Å²) >= 11 is 0. The van der Waals surface area contributed by atoms with E-state index in [-0.39, 0.29) is 11.9 Å². The summed E-state index contributed by atoms with van der Waals surface area (Å²) in [7, 11) is 3.21. The summed E-state index contributed by atoms with van der Waals surface area (Å²) in [5.41, 5.74) is 3.16. The summed E-state index contributed by atoms with van der Waals surface area (Å²) in [5, 5.41) is 2.97. The maximum absolute atomic E-state index is 12.5. The Kier molecular flexibility index (Phi) is 6.50. The van der Waals surface area contributed by atoms with E-state index in [0.717, 1.165) is 11.1 Å². The van der Waals surface area contributed by atoms with Crippen molar-refractivity contribution in [2.75, 3.05) is 14.2 Å². The second kappa shape index (κ2) is 8.61. The van der Waals surface area contributed by atoms with Crippen molar-refractivity contribution in [1.82, 2.24) is 5.32 Å². The average molecular weight is 357 g/mol. The minimum absolute atomic E-state index is 0.194. The molecule has 0 unspecified atom stereocenters. The third kappa shape index (κ3) is 4.69. The number of aryl methyl sites for hydroxylation is 2. The normalized spacial score (nSPS) is 12.8. The smallest absolute Gasteiger partial charge is 0.261 e. The molecule has 140 valence electrons. The maximum atomic E-state index is 12.5. The van der Waals surface area contributed by atoms with E-state index in [4.69, 9.17) is 14.2 Å². The van der Waals surface area contributed by atoms with Gasteiger partial charge in [0.2, 0.25) is 0 Å². The highest BCUT2D eigenvalue weighted by atomic mass is 16.5. The van der Waals surface area contributed by atoms with Crippen molar-refractivity contribution < 1.29 is 19.0 Å². The fourth-order valence-corrected chi connectivity index (χ4v) is 2.63. The topological polar surface area (TPSA) is 56.8 Å². The number of hydrogen-bond donors (Lipinski definition) is 1. The van der Waals surface area contributed by atoms with Crippen molar-refractivity contribution in [2.45, 2.75) is 39.8 Å². The lowest BCUT2D eigenvalue weighted by atomic mass is 10.1. The highest BCUT2D eigenvalue weighted by molar-refractivity contribution is 5.81. The van der Waals surface area contributed by atoms with Gasteiger partial charge in [-0.2, -0.15) is 0 Å². The molecule has 2 atom stereocenters. The Morgan fingerprint density at radius 3 is 2.23 bits per heavy atom. The molecular weight excluding hydrogens is 330 g/mol. The van der Waals surface area contributed by atoms with Gasteiger partial charge in [0.1, 0.15) is 17.2 Å². The first kappa shape index (κ1) is 19.6. The van der Waals surface area contributed by atoms with Crippen LogP contribution in [0.15, 0.2) is 36.4 Å². The Morgan fingerprint density at radius 2 is 1.62 bits per heavy atom. The quantitative estimate of drug-likeness (QED) is 0.815. The third-order valence-corrected chi connectivity index (χ3v) is 4.42. The number of rotatable bonds is 7. The van der Waals surface area contributed by atoms with E-state index in [1.165, 1.54) is 5.56 Å². The number of amides is 1. The molecule has 2 aromatic carbocycles. The molecule has 2 rings (SSSR count). The molecule has 0 saturated heterocycles. The van der Waals surface area contributed by atoms with Crippen LogP contribution in [0, 0.1) is 13.8 Å². The Morgan fingerprint density at radius 1 is 0.923 bits per heavy atom. The summed E-state index contributed by atoms with van der Waals surface area (Å²) in [4.78, 5) is 12.5. The van der Waals surface area contributed by atoms with Gasteiger partial charge in [0.25, 0.3) is 5.91 Å². The van der Waals surface area contributed by atoms with E-state index < -0.39 is 6.10 Å². The van der Waals surface area contributed by atoms with Crippen molar-refractivity contribution in [3.63, 3.8) is 0 Å². The minimum Gasteiger partial charge on any atom is -0.497 e. The van der Waals surface area contributed by atoms with Crippen LogP contribution in [0.5, 0.6) is 17.2 Å². The second-order valence-corrected chi connectivity index (χ2v) is 6.34. The summed E-state index contributed by atoms with van der Waals surface area (Å²) in [6.07, 6.45) is -0.615. The lowest BCUT2D eigenvalue weighted by Crippen LogP contribution is -2.37. The van der Waals surface area contributed by atoms with Crippen LogP contribution in [0.2, 0.25) is 0 Å². The molecule has 0 radical (unpaired) electrons. The van der Waals surface area contributed by atoms with E-state index >= 15 is 0 Å². The summed E-state index contributed by atoms with van der Waals surface area (Å²) < 4.78 is 16.4. The number of carbonyl (C=O) groups is 1. The minimum atomic E-state index is -0.615. The number of hydrogen-bond acceptors (Lipinski definition) is 4. The predicted octanol–water partition coefficient (Wildman–Crippen LogP) is 3.97. The highest BCUT2D eigenvalue weighted by Gasteiger charge is 2.20. The van der Waals surface area contributed by atoms with Gasteiger partial charge in [0.05, 0.1) is 20.3 Å². The number of methoxy groups -OCH3 is 2. The number of benzene rings is 2. The van der Waals surface area contributed by atoms with Crippen LogP contribution in [0.3, 0.4) is 0 Å². The van der Waals surface area contributed by atoms with Gasteiger partial charge in [-0.05, 0) is 69.2 Å². The molecule has 1 N–H and O–H groups in total.